The van der Waals surface area contributed by atoms with Crippen LogP contribution in [0.5, 0.6) is 0 Å². The average Bonchev–Trinajstić information content (AvgIpc) is 2.92. The van der Waals surface area contributed by atoms with Gasteiger partial charge in [0, 0.05) is 6.54 Å². The molecule has 0 aliphatic heterocycles. The van der Waals surface area contributed by atoms with Crippen molar-refractivity contribution in [3.63, 3.8) is 0 Å². The monoisotopic (exact) mass is 539 g/mol. The summed E-state index contributed by atoms with van der Waals surface area (Å²) in [6.45, 7) is 5.60. The maximum atomic E-state index is 11.8. The summed E-state index contributed by atoms with van der Waals surface area (Å²) in [6, 6.07) is -0.278. The molecule has 5 heteroatoms. The van der Waals surface area contributed by atoms with Crippen LogP contribution in [-0.2, 0) is 9.53 Å². The Hall–Kier alpha value is -1.26. The molecule has 0 saturated carbocycles. The van der Waals surface area contributed by atoms with Gasteiger partial charge in [-0.3, -0.25) is 4.79 Å². The number of rotatable bonds is 30. The number of carbonyl (C=O) groups is 2. The number of ether oxygens (including phenoxy) is 1. The first-order valence-electron chi connectivity index (χ1n) is 16.9. The molecule has 0 unspecified atom stereocenters. The summed E-state index contributed by atoms with van der Waals surface area (Å²) in [7, 11) is 0. The highest BCUT2D eigenvalue weighted by molar-refractivity contribution is 5.80. The first-order valence-corrected chi connectivity index (χ1v) is 16.9. The Labute approximate surface area is 237 Å². The summed E-state index contributed by atoms with van der Waals surface area (Å²) in [5.74, 6) is -0.347. The lowest BCUT2D eigenvalue weighted by atomic mass is 10.0. The molecule has 0 fully saturated rings. The van der Waals surface area contributed by atoms with Gasteiger partial charge < -0.3 is 15.4 Å². The molecule has 0 radical (unpaired) electrons. The summed E-state index contributed by atoms with van der Waals surface area (Å²) in [5.41, 5.74) is 0. The summed E-state index contributed by atoms with van der Waals surface area (Å²) < 4.78 is 5.24. The van der Waals surface area contributed by atoms with Crippen molar-refractivity contribution in [2.24, 2.45) is 0 Å². The molecule has 0 heterocycles. The van der Waals surface area contributed by atoms with E-state index in [4.69, 9.17) is 4.74 Å². The lowest BCUT2D eigenvalue weighted by Crippen LogP contribution is -2.39. The van der Waals surface area contributed by atoms with E-state index in [9.17, 15) is 9.59 Å². The van der Waals surface area contributed by atoms with Gasteiger partial charge in [-0.05, 0) is 12.8 Å². The van der Waals surface area contributed by atoms with E-state index in [2.05, 4.69) is 24.5 Å². The Balaban J connectivity index is 3.26. The topological polar surface area (TPSA) is 67.4 Å². The van der Waals surface area contributed by atoms with Crippen LogP contribution in [0.15, 0.2) is 0 Å². The Bertz CT molecular complexity index is 499. The number of unbranched alkanes of at least 4 members (excludes halogenated alkanes) is 24. The van der Waals surface area contributed by atoms with Crippen molar-refractivity contribution in [2.45, 2.75) is 181 Å². The van der Waals surface area contributed by atoms with Gasteiger partial charge in [0.15, 0.2) is 0 Å². The van der Waals surface area contributed by atoms with Crippen molar-refractivity contribution in [1.82, 2.24) is 10.6 Å². The van der Waals surface area contributed by atoms with E-state index in [1.54, 1.807) is 0 Å². The standard InChI is InChI=1S/C33H66N2O3/c1-3-5-7-9-11-13-15-16-17-18-19-20-22-24-26-28-30-38-32(36)31-35-33(37)34-29-27-25-23-21-14-12-10-8-6-4-2/h3-31H2,1-2H3,(H2,34,35,37). The molecule has 38 heavy (non-hydrogen) atoms. The summed E-state index contributed by atoms with van der Waals surface area (Å²) in [5, 5.41) is 5.43. The molecule has 0 aliphatic carbocycles. The highest BCUT2D eigenvalue weighted by Gasteiger charge is 2.06. The van der Waals surface area contributed by atoms with E-state index in [-0.39, 0.29) is 18.5 Å². The van der Waals surface area contributed by atoms with Gasteiger partial charge in [-0.2, -0.15) is 0 Å². The third kappa shape index (κ3) is 31.0. The Morgan fingerprint density at radius 1 is 0.447 bits per heavy atom. The SMILES string of the molecule is CCCCCCCCCCCCCCCCCCOC(=O)CNC(=O)NCCCCCCCCCCCC. The molecule has 0 bridgehead atoms. The van der Waals surface area contributed by atoms with E-state index in [0.29, 0.717) is 13.2 Å². The van der Waals surface area contributed by atoms with Gasteiger partial charge in [0.25, 0.3) is 0 Å². The van der Waals surface area contributed by atoms with E-state index in [0.717, 1.165) is 25.7 Å². The molecule has 0 atom stereocenters. The lowest BCUT2D eigenvalue weighted by Gasteiger charge is -2.08. The molecule has 0 saturated heterocycles. The van der Waals surface area contributed by atoms with Gasteiger partial charge in [-0.1, -0.05) is 168 Å². The van der Waals surface area contributed by atoms with Gasteiger partial charge in [0.05, 0.1) is 6.61 Å². The van der Waals surface area contributed by atoms with Crippen LogP contribution in [0.3, 0.4) is 0 Å². The fourth-order valence-electron chi connectivity index (χ4n) is 4.92. The summed E-state index contributed by atoms with van der Waals surface area (Å²) >= 11 is 0. The van der Waals surface area contributed by atoms with Crippen LogP contribution < -0.4 is 10.6 Å². The molecular formula is C33H66N2O3. The highest BCUT2D eigenvalue weighted by Crippen LogP contribution is 2.14. The molecule has 226 valence electrons. The van der Waals surface area contributed by atoms with Crippen LogP contribution in [0.4, 0.5) is 4.79 Å². The Kier molecular flexibility index (Phi) is 30.9. The number of nitrogens with one attached hydrogen (secondary N) is 2. The normalized spacial score (nSPS) is 11.0. The second-order valence-electron chi connectivity index (χ2n) is 11.3. The van der Waals surface area contributed by atoms with Crippen LogP contribution in [0.2, 0.25) is 0 Å². The predicted octanol–water partition coefficient (Wildman–Crippen LogP) is 10.0. The summed E-state index contributed by atoms with van der Waals surface area (Å²) in [4.78, 5) is 23.6. The van der Waals surface area contributed by atoms with E-state index < -0.39 is 0 Å². The van der Waals surface area contributed by atoms with Crippen molar-refractivity contribution in [2.75, 3.05) is 19.7 Å². The highest BCUT2D eigenvalue weighted by atomic mass is 16.5. The van der Waals surface area contributed by atoms with Gasteiger partial charge in [0.2, 0.25) is 0 Å². The average molecular weight is 539 g/mol. The summed E-state index contributed by atoms with van der Waals surface area (Å²) in [6.07, 6.45) is 34.1. The third-order valence-electron chi connectivity index (χ3n) is 7.47. The molecule has 0 rings (SSSR count). The quantitative estimate of drug-likeness (QED) is 0.0706. The van der Waals surface area contributed by atoms with Crippen LogP contribution in [0, 0.1) is 0 Å². The molecule has 0 aromatic rings. The minimum atomic E-state index is -0.347. The van der Waals surface area contributed by atoms with Gasteiger partial charge in [-0.25, -0.2) is 4.79 Å². The Morgan fingerprint density at radius 2 is 0.789 bits per heavy atom. The van der Waals surface area contributed by atoms with Crippen molar-refractivity contribution in [1.29, 1.82) is 0 Å². The molecule has 2 amide bonds. The second kappa shape index (κ2) is 32.0. The molecule has 0 aliphatic rings. The zero-order valence-corrected chi connectivity index (χ0v) is 25.7. The Morgan fingerprint density at radius 3 is 1.18 bits per heavy atom. The van der Waals surface area contributed by atoms with Gasteiger partial charge in [0.1, 0.15) is 6.54 Å². The van der Waals surface area contributed by atoms with Crippen molar-refractivity contribution >= 4 is 12.0 Å². The molecule has 5 nitrogen and oxygen atoms in total. The van der Waals surface area contributed by atoms with E-state index >= 15 is 0 Å². The van der Waals surface area contributed by atoms with Crippen molar-refractivity contribution in [3.8, 4) is 0 Å². The van der Waals surface area contributed by atoms with Crippen molar-refractivity contribution < 1.29 is 14.3 Å². The number of hydrogen-bond acceptors (Lipinski definition) is 3. The first-order chi connectivity index (χ1) is 18.7. The molecule has 0 aromatic heterocycles. The molecular weight excluding hydrogens is 472 g/mol. The van der Waals surface area contributed by atoms with Crippen LogP contribution in [0.1, 0.15) is 181 Å². The lowest BCUT2D eigenvalue weighted by molar-refractivity contribution is -0.142. The molecule has 0 spiro atoms. The number of hydrogen-bond donors (Lipinski definition) is 2. The zero-order chi connectivity index (χ0) is 27.8. The van der Waals surface area contributed by atoms with Crippen molar-refractivity contribution in [3.05, 3.63) is 0 Å². The maximum absolute atomic E-state index is 11.8. The smallest absolute Gasteiger partial charge is 0.325 e. The van der Waals surface area contributed by atoms with Crippen LogP contribution in [-0.4, -0.2) is 31.7 Å². The van der Waals surface area contributed by atoms with Crippen LogP contribution in [0.25, 0.3) is 0 Å². The zero-order valence-electron chi connectivity index (χ0n) is 25.7. The minimum absolute atomic E-state index is 0.0529. The largest absolute Gasteiger partial charge is 0.464 e. The van der Waals surface area contributed by atoms with E-state index in [1.165, 1.54) is 141 Å². The fraction of sp³-hybridized carbons (Fsp3) is 0.939. The fourth-order valence-corrected chi connectivity index (χ4v) is 4.92. The van der Waals surface area contributed by atoms with Gasteiger partial charge in [-0.15, -0.1) is 0 Å². The number of esters is 1. The van der Waals surface area contributed by atoms with Crippen LogP contribution >= 0.6 is 0 Å². The third-order valence-corrected chi connectivity index (χ3v) is 7.47. The number of urea groups is 1. The maximum Gasteiger partial charge on any atom is 0.325 e. The molecule has 2 N–H and O–H groups in total. The van der Waals surface area contributed by atoms with Gasteiger partial charge >= 0.3 is 12.0 Å². The second-order valence-corrected chi connectivity index (χ2v) is 11.3. The number of amides is 2. The first kappa shape index (κ1) is 36.7. The molecule has 0 aromatic carbocycles. The predicted molar refractivity (Wildman–Crippen MR) is 164 cm³/mol. The number of carbonyl (C=O) groups excluding carboxylic acids is 2. The van der Waals surface area contributed by atoms with E-state index in [1.807, 2.05) is 0 Å². The minimum Gasteiger partial charge on any atom is -0.464 e.